The van der Waals surface area contributed by atoms with Crippen LogP contribution >= 0.6 is 12.4 Å². The van der Waals surface area contributed by atoms with Gasteiger partial charge in [-0.1, -0.05) is 12.5 Å². The van der Waals surface area contributed by atoms with Crippen LogP contribution in [0.25, 0.3) is 0 Å². The molecule has 0 spiro atoms. The number of halogens is 1. The van der Waals surface area contributed by atoms with Crippen LogP contribution in [0.5, 0.6) is 11.5 Å². The topological polar surface area (TPSA) is 56.8 Å². The van der Waals surface area contributed by atoms with Gasteiger partial charge in [-0.3, -0.25) is 0 Å². The summed E-state index contributed by atoms with van der Waals surface area (Å²) < 4.78 is 16.8. The van der Waals surface area contributed by atoms with Gasteiger partial charge >= 0.3 is 5.97 Å². The number of cyclic esters (lactones) is 1. The fraction of sp³-hybridized carbons (Fsp3) is 0.562. The molecule has 1 saturated heterocycles. The third-order valence-electron chi connectivity index (χ3n) is 3.74. The Labute approximate surface area is 136 Å². The molecular weight excluding hydrogens is 306 g/mol. The maximum absolute atomic E-state index is 12.2. The molecule has 122 valence electrons. The molecule has 0 amide bonds. The Hall–Kier alpha value is -1.46. The number of rotatable bonds is 3. The van der Waals surface area contributed by atoms with Crippen LogP contribution in [-0.4, -0.2) is 30.9 Å². The van der Waals surface area contributed by atoms with E-state index in [2.05, 4.69) is 5.32 Å². The van der Waals surface area contributed by atoms with Crippen LogP contribution in [0.1, 0.15) is 43.5 Å². The van der Waals surface area contributed by atoms with Crippen molar-refractivity contribution >= 4 is 18.4 Å². The summed E-state index contributed by atoms with van der Waals surface area (Å²) in [4.78, 5) is 12.2. The van der Waals surface area contributed by atoms with Crippen LogP contribution < -0.4 is 14.8 Å². The van der Waals surface area contributed by atoms with Crippen molar-refractivity contribution in [1.82, 2.24) is 5.32 Å². The first kappa shape index (κ1) is 16.9. The largest absolute Gasteiger partial charge is 0.491 e. The quantitative estimate of drug-likeness (QED) is 0.865. The molecule has 6 heteroatoms. The van der Waals surface area contributed by atoms with E-state index in [1.165, 1.54) is 12.8 Å². The van der Waals surface area contributed by atoms with Gasteiger partial charge in [-0.25, -0.2) is 4.79 Å². The second-order valence-corrected chi connectivity index (χ2v) is 5.98. The highest BCUT2D eigenvalue weighted by molar-refractivity contribution is 5.96. The lowest BCUT2D eigenvalue weighted by molar-refractivity contribution is -0.127. The lowest BCUT2D eigenvalue weighted by Gasteiger charge is -2.32. The van der Waals surface area contributed by atoms with Crippen LogP contribution in [0.2, 0.25) is 0 Å². The maximum Gasteiger partial charge on any atom is 0.349 e. The summed E-state index contributed by atoms with van der Waals surface area (Å²) >= 11 is 0. The fourth-order valence-corrected chi connectivity index (χ4v) is 2.73. The zero-order chi connectivity index (χ0) is 14.9. The predicted molar refractivity (Wildman–Crippen MR) is 84.9 cm³/mol. The predicted octanol–water partition coefficient (Wildman–Crippen LogP) is 2.91. The lowest BCUT2D eigenvalue weighted by atomic mass is 10.1. The minimum absolute atomic E-state index is 0. The second-order valence-electron chi connectivity index (χ2n) is 5.98. The summed E-state index contributed by atoms with van der Waals surface area (Å²) in [5.41, 5.74) is 0.382. The number of carbonyl (C=O) groups is 1. The zero-order valence-corrected chi connectivity index (χ0v) is 13.7. The Morgan fingerprint density at radius 2 is 2.14 bits per heavy atom. The zero-order valence-electron chi connectivity index (χ0n) is 12.9. The van der Waals surface area contributed by atoms with E-state index < -0.39 is 11.8 Å². The Balaban J connectivity index is 0.00000176. The summed E-state index contributed by atoms with van der Waals surface area (Å²) in [6, 6.07) is 5.72. The number of esters is 1. The number of carbonyl (C=O) groups excluding carboxylic acids is 1. The molecule has 1 fully saturated rings. The molecule has 2 aliphatic heterocycles. The molecule has 22 heavy (non-hydrogen) atoms. The van der Waals surface area contributed by atoms with Crippen LogP contribution in [0.15, 0.2) is 18.2 Å². The van der Waals surface area contributed by atoms with E-state index in [4.69, 9.17) is 14.2 Å². The molecule has 1 N–H and O–H groups in total. The number of piperidine rings is 1. The number of benzene rings is 1. The van der Waals surface area contributed by atoms with Gasteiger partial charge in [-0.15, -0.1) is 12.4 Å². The van der Waals surface area contributed by atoms with Crippen molar-refractivity contribution < 1.29 is 19.0 Å². The van der Waals surface area contributed by atoms with Crippen molar-refractivity contribution in [3.8, 4) is 11.5 Å². The number of hydrogen-bond donors (Lipinski definition) is 1. The average molecular weight is 328 g/mol. The third-order valence-corrected chi connectivity index (χ3v) is 3.74. The van der Waals surface area contributed by atoms with Gasteiger partial charge in [0.15, 0.2) is 0 Å². The number of ether oxygens (including phenoxy) is 3. The van der Waals surface area contributed by atoms with Gasteiger partial charge in [-0.2, -0.15) is 0 Å². The monoisotopic (exact) mass is 327 g/mol. The Kier molecular flexibility index (Phi) is 5.19. The third kappa shape index (κ3) is 3.65. The lowest BCUT2D eigenvalue weighted by Crippen LogP contribution is -2.40. The minimum Gasteiger partial charge on any atom is -0.491 e. The van der Waals surface area contributed by atoms with Crippen LogP contribution in [-0.2, 0) is 4.74 Å². The average Bonchev–Trinajstić information content (AvgIpc) is 2.44. The van der Waals surface area contributed by atoms with Crippen molar-refractivity contribution in [1.29, 1.82) is 0 Å². The summed E-state index contributed by atoms with van der Waals surface area (Å²) in [5, 5.41) is 3.42. The van der Waals surface area contributed by atoms with Crippen molar-refractivity contribution in [2.24, 2.45) is 0 Å². The number of hydrogen-bond acceptors (Lipinski definition) is 5. The molecule has 0 saturated carbocycles. The fourth-order valence-electron chi connectivity index (χ4n) is 2.73. The highest BCUT2D eigenvalue weighted by atomic mass is 35.5. The van der Waals surface area contributed by atoms with Gasteiger partial charge < -0.3 is 19.5 Å². The highest BCUT2D eigenvalue weighted by Crippen LogP contribution is 2.36. The van der Waals surface area contributed by atoms with E-state index in [-0.39, 0.29) is 12.4 Å². The van der Waals surface area contributed by atoms with E-state index in [9.17, 15) is 4.79 Å². The molecule has 3 rings (SSSR count). The molecule has 0 unspecified atom stereocenters. The number of fused-ring (bicyclic) bond motifs is 1. The normalized spacial score (nSPS) is 22.6. The number of nitrogens with one attached hydrogen (secondary N) is 1. The SMILES string of the molecule is CC1(C)OC(=O)c2c(OC[C@@H]3CCCCN3)cccc2O1.Cl. The summed E-state index contributed by atoms with van der Waals surface area (Å²) in [6.07, 6.45) is 3.53. The van der Waals surface area contributed by atoms with E-state index in [0.29, 0.717) is 29.7 Å². The first-order valence-electron chi connectivity index (χ1n) is 7.47. The Morgan fingerprint density at radius 3 is 2.86 bits per heavy atom. The molecular formula is C16H22ClNO4. The molecule has 1 aromatic carbocycles. The van der Waals surface area contributed by atoms with Crippen LogP contribution in [0, 0.1) is 0 Å². The maximum atomic E-state index is 12.2. The first-order chi connectivity index (χ1) is 10.1. The Bertz CT molecular complexity index is 541. The standard InChI is InChI=1S/C16H21NO4.ClH/c1-16(2)20-13-8-5-7-12(14(13)15(18)21-16)19-10-11-6-3-4-9-17-11;/h5,7-8,11,17H,3-4,6,9-10H2,1-2H3;1H/t11-;/m0./s1. The molecule has 0 aliphatic carbocycles. The highest BCUT2D eigenvalue weighted by Gasteiger charge is 2.36. The molecule has 2 heterocycles. The molecule has 0 radical (unpaired) electrons. The van der Waals surface area contributed by atoms with Gasteiger partial charge in [0.2, 0.25) is 5.79 Å². The van der Waals surface area contributed by atoms with E-state index in [1.807, 2.05) is 6.07 Å². The summed E-state index contributed by atoms with van der Waals surface area (Å²) in [7, 11) is 0. The van der Waals surface area contributed by atoms with Crippen LogP contribution in [0.4, 0.5) is 0 Å². The van der Waals surface area contributed by atoms with Crippen molar-refractivity contribution in [2.45, 2.75) is 44.9 Å². The van der Waals surface area contributed by atoms with Crippen molar-refractivity contribution in [3.63, 3.8) is 0 Å². The second kappa shape index (κ2) is 6.75. The first-order valence-corrected chi connectivity index (χ1v) is 7.47. The van der Waals surface area contributed by atoms with Gasteiger partial charge in [0.1, 0.15) is 23.7 Å². The minimum atomic E-state index is -0.937. The van der Waals surface area contributed by atoms with E-state index in [0.717, 1.165) is 13.0 Å². The molecule has 0 aromatic heterocycles. The van der Waals surface area contributed by atoms with Gasteiger partial charge in [0, 0.05) is 19.9 Å². The summed E-state index contributed by atoms with van der Waals surface area (Å²) in [5.74, 6) is -0.285. The molecule has 2 aliphatic rings. The van der Waals surface area contributed by atoms with Gasteiger partial charge in [0.05, 0.1) is 0 Å². The Morgan fingerprint density at radius 1 is 1.32 bits per heavy atom. The van der Waals surface area contributed by atoms with Gasteiger partial charge in [-0.05, 0) is 31.5 Å². The molecule has 1 aromatic rings. The van der Waals surface area contributed by atoms with E-state index in [1.54, 1.807) is 26.0 Å². The summed E-state index contributed by atoms with van der Waals surface area (Å²) in [6.45, 7) is 5.01. The van der Waals surface area contributed by atoms with Crippen LogP contribution in [0.3, 0.4) is 0 Å². The smallest absolute Gasteiger partial charge is 0.349 e. The van der Waals surface area contributed by atoms with E-state index >= 15 is 0 Å². The molecule has 5 nitrogen and oxygen atoms in total. The van der Waals surface area contributed by atoms with Crippen molar-refractivity contribution in [2.75, 3.05) is 13.2 Å². The van der Waals surface area contributed by atoms with Gasteiger partial charge in [0.25, 0.3) is 0 Å². The molecule has 0 bridgehead atoms. The van der Waals surface area contributed by atoms with Crippen molar-refractivity contribution in [3.05, 3.63) is 23.8 Å². The molecule has 1 atom stereocenters.